The lowest BCUT2D eigenvalue weighted by Gasteiger charge is -2.09. The predicted octanol–water partition coefficient (Wildman–Crippen LogP) is 21.7. The second-order valence-electron chi connectivity index (χ2n) is 30.3. The Bertz CT molecular complexity index is 5550. The average Bonchev–Trinajstić information content (AvgIpc) is 0.803. The van der Waals surface area contributed by atoms with Crippen LogP contribution in [0.15, 0.2) is 255 Å². The van der Waals surface area contributed by atoms with Crippen molar-refractivity contribution in [1.82, 2.24) is 0 Å². The summed E-state index contributed by atoms with van der Waals surface area (Å²) in [5, 5.41) is 0. The van der Waals surface area contributed by atoms with Gasteiger partial charge in [0.2, 0.25) is 39.9 Å². The van der Waals surface area contributed by atoms with Crippen molar-refractivity contribution in [2.75, 3.05) is 0 Å². The Morgan fingerprint density at radius 1 is 0.205 bits per heavy atom. The molecule has 0 unspecified atom stereocenters. The number of rotatable bonds is 7. The van der Waals surface area contributed by atoms with Crippen LogP contribution in [0.4, 0.5) is 0 Å². The van der Waals surface area contributed by atoms with Gasteiger partial charge >= 0.3 is 0 Å². The molecule has 112 heavy (non-hydrogen) atoms. The molecule has 0 aliphatic heterocycles. The van der Waals surface area contributed by atoms with Crippen molar-refractivity contribution in [2.45, 2.75) is 145 Å². The van der Waals surface area contributed by atoms with E-state index in [1.165, 1.54) is 151 Å². The third-order valence-corrected chi connectivity index (χ3v) is 22.0. The molecule has 0 atom stereocenters. The average molecular weight is 1490 g/mol. The van der Waals surface area contributed by atoms with Gasteiger partial charge < -0.3 is 0 Å². The molecule has 0 saturated heterocycles. The maximum Gasteiger partial charge on any atom is 0.215 e. The molecule has 7 aromatic carbocycles. The molecular weight excluding hydrogens is 1360 g/mol. The van der Waals surface area contributed by atoms with Crippen LogP contribution in [0.1, 0.15) is 126 Å². The summed E-state index contributed by atoms with van der Waals surface area (Å²) in [5.41, 5.74) is 42.3. The van der Waals surface area contributed by atoms with Gasteiger partial charge in [-0.1, -0.05) is 113 Å². The van der Waals surface area contributed by atoms with Gasteiger partial charge in [0.1, 0.15) is 49.3 Å². The van der Waals surface area contributed by atoms with Gasteiger partial charge in [-0.2, -0.15) is 27.4 Å². The van der Waals surface area contributed by atoms with Crippen molar-refractivity contribution in [3.05, 3.63) is 373 Å². The monoisotopic (exact) mass is 1490 g/mol. The molecular formula is C105H126N7+7. The standard InChI is InChI=1S/7C15H18N/c2*1-11-7-5-9-14(13(11)3)15-10-6-8-12(2)16(15)4;1-11-7-5-8-12(2)14(11)15-13(3)9-6-10-16(15)4;2*1-11-8-9-14(12(2)10-11)15-7-5-6-13(3)16(15)4;2*1-11-8-9-12(2)14(10-11)15-7-5-6-13(3)16(15)4/h7*5-10H,1-4H3/q7*+1/i2D3;;;1D3;;;. The molecule has 7 nitrogen and oxygen atoms in total. The Labute approximate surface area is 682 Å². The van der Waals surface area contributed by atoms with E-state index in [2.05, 4.69) is 382 Å². The Hall–Kier alpha value is -11.4. The number of hydrogen-bond donors (Lipinski definition) is 0. The minimum absolute atomic E-state index is 0.353. The van der Waals surface area contributed by atoms with Gasteiger partial charge in [-0.15, -0.1) is 0 Å². The van der Waals surface area contributed by atoms with Crippen LogP contribution in [0.3, 0.4) is 0 Å². The molecule has 14 aromatic rings. The zero-order valence-electron chi connectivity index (χ0n) is 77.9. The Balaban J connectivity index is 0.000000172. The number of pyridine rings is 7. The van der Waals surface area contributed by atoms with E-state index in [1.54, 1.807) is 35.9 Å². The number of hydrogen-bond acceptors (Lipinski definition) is 0. The number of aryl methyl sites for hydroxylation is 20. The molecule has 0 spiro atoms. The van der Waals surface area contributed by atoms with Crippen molar-refractivity contribution in [3.8, 4) is 78.8 Å². The van der Waals surface area contributed by atoms with E-state index in [-0.39, 0.29) is 0 Å². The summed E-state index contributed by atoms with van der Waals surface area (Å²) in [6.45, 7) is 36.3. The molecule has 0 radical (unpaired) electrons. The van der Waals surface area contributed by atoms with Crippen molar-refractivity contribution >= 4 is 0 Å². The molecule has 7 heterocycles. The molecule has 0 aliphatic rings. The lowest BCUT2D eigenvalue weighted by atomic mass is 9.97. The molecule has 14 rings (SSSR count). The maximum absolute atomic E-state index is 7.58. The van der Waals surface area contributed by atoms with Crippen LogP contribution in [0, 0.1) is 145 Å². The highest BCUT2D eigenvalue weighted by Gasteiger charge is 2.21. The first kappa shape index (κ1) is 77.3. The molecule has 0 saturated carbocycles. The van der Waals surface area contributed by atoms with E-state index < -0.39 is 13.7 Å². The number of benzene rings is 7. The van der Waals surface area contributed by atoms with Gasteiger partial charge in [-0.25, -0.2) is 4.57 Å². The van der Waals surface area contributed by atoms with Crippen LogP contribution in [0.25, 0.3) is 78.8 Å². The molecule has 0 amide bonds. The Morgan fingerprint density at radius 2 is 0.491 bits per heavy atom. The van der Waals surface area contributed by atoms with Gasteiger partial charge in [0.05, 0.1) is 5.56 Å². The first-order valence-electron chi connectivity index (χ1n) is 41.9. The van der Waals surface area contributed by atoms with Crippen LogP contribution < -0.4 is 32.0 Å². The SMILES string of the molecule is Cc1ccc(-c2cccc(C)[n+]2C)c(C)c1.Cc1ccc(C)c(-c2cccc(C)[n+]2C)c1.Cc1ccc(C)c(-c2cccc(C)[n+]2C)c1.Cc1cccc(-c2cccc(C)[n+]2C)c1C.Cc1cccc(C)c1-c1c(C)ccc[n+]1C.[2H]C([2H])([2H])c1ccc(-c2cccc(C)[n+]2C)c(C)c1.[2H]C([2H])([2H])c1cccc(-c2cccc(C)c2C)[n+]1C. The minimum atomic E-state index is -2.09. The van der Waals surface area contributed by atoms with Crippen molar-refractivity contribution < 1.29 is 40.2 Å². The number of nitrogens with zero attached hydrogens (tertiary/aromatic N) is 7. The summed E-state index contributed by atoms with van der Waals surface area (Å²) < 4.78 is 60.1. The van der Waals surface area contributed by atoms with Crippen molar-refractivity contribution in [1.29, 1.82) is 0 Å². The fraction of sp³-hybridized carbons (Fsp3) is 0.267. The molecule has 574 valence electrons. The van der Waals surface area contributed by atoms with Crippen LogP contribution in [-0.2, 0) is 49.3 Å². The topological polar surface area (TPSA) is 27.2 Å². The van der Waals surface area contributed by atoms with E-state index in [0.717, 1.165) is 33.8 Å². The first-order valence-corrected chi connectivity index (χ1v) is 38.9. The molecule has 0 aliphatic carbocycles. The van der Waals surface area contributed by atoms with Gasteiger partial charge in [-0.3, -0.25) is 0 Å². The van der Waals surface area contributed by atoms with Crippen LogP contribution in [0.2, 0.25) is 0 Å². The smallest absolute Gasteiger partial charge is 0.201 e. The maximum atomic E-state index is 7.58. The largest absolute Gasteiger partial charge is 0.215 e. The lowest BCUT2D eigenvalue weighted by Crippen LogP contribution is -2.34. The first-order chi connectivity index (χ1) is 55.6. The van der Waals surface area contributed by atoms with E-state index in [1.807, 2.05) is 50.4 Å². The highest BCUT2D eigenvalue weighted by atomic mass is 15.0. The molecule has 0 bridgehead atoms. The van der Waals surface area contributed by atoms with Gasteiger partial charge in [0.25, 0.3) is 0 Å². The fourth-order valence-electron chi connectivity index (χ4n) is 14.1. The Kier molecular flexibility index (Phi) is 27.3. The molecule has 7 aromatic heterocycles. The Morgan fingerprint density at radius 3 is 0.848 bits per heavy atom. The van der Waals surface area contributed by atoms with Crippen molar-refractivity contribution in [3.63, 3.8) is 0 Å². The molecule has 7 heteroatoms. The van der Waals surface area contributed by atoms with Crippen LogP contribution >= 0.6 is 0 Å². The quantitative estimate of drug-likeness (QED) is 0.142. The van der Waals surface area contributed by atoms with Crippen LogP contribution in [-0.4, -0.2) is 0 Å². The zero-order chi connectivity index (χ0) is 86.9. The van der Waals surface area contributed by atoms with E-state index in [9.17, 15) is 0 Å². The van der Waals surface area contributed by atoms with Gasteiger partial charge in [-0.05, 0) is 238 Å². The van der Waals surface area contributed by atoms with Gasteiger partial charge in [0, 0.05) is 168 Å². The van der Waals surface area contributed by atoms with Crippen LogP contribution in [0.5, 0.6) is 0 Å². The summed E-state index contributed by atoms with van der Waals surface area (Å²) >= 11 is 0. The van der Waals surface area contributed by atoms with Gasteiger partial charge in [0.15, 0.2) is 40.4 Å². The summed E-state index contributed by atoms with van der Waals surface area (Å²) in [7, 11) is 14.4. The van der Waals surface area contributed by atoms with E-state index in [4.69, 9.17) is 8.22 Å². The molecule has 0 fully saturated rings. The van der Waals surface area contributed by atoms with E-state index >= 15 is 0 Å². The third-order valence-electron chi connectivity index (χ3n) is 22.0. The van der Waals surface area contributed by atoms with Crippen molar-refractivity contribution in [2.24, 2.45) is 49.3 Å². The predicted molar refractivity (Wildman–Crippen MR) is 471 cm³/mol. The normalized spacial score (nSPS) is 11.5. The second-order valence-corrected chi connectivity index (χ2v) is 30.3. The molecule has 0 N–H and O–H groups in total. The lowest BCUT2D eigenvalue weighted by molar-refractivity contribution is -0.666. The second kappa shape index (κ2) is 39.5. The highest BCUT2D eigenvalue weighted by Crippen LogP contribution is 2.30. The summed E-state index contributed by atoms with van der Waals surface area (Å²) in [6, 6.07) is 85.7. The third kappa shape index (κ3) is 21.6. The summed E-state index contributed by atoms with van der Waals surface area (Å²) in [4.78, 5) is 0. The summed E-state index contributed by atoms with van der Waals surface area (Å²) in [5.74, 6) is 0. The zero-order valence-corrected chi connectivity index (χ0v) is 71.9. The van der Waals surface area contributed by atoms with E-state index in [0.29, 0.717) is 11.3 Å². The number of aromatic nitrogens is 7. The minimum Gasteiger partial charge on any atom is -0.201 e. The highest BCUT2D eigenvalue weighted by molar-refractivity contribution is 5.69. The fourth-order valence-corrected chi connectivity index (χ4v) is 14.1. The summed E-state index contributed by atoms with van der Waals surface area (Å²) in [6.07, 6.45) is 2.11.